The zero-order valence-electron chi connectivity index (χ0n) is 13.7. The number of benzene rings is 1. The molecule has 0 spiro atoms. The fourth-order valence-corrected chi connectivity index (χ4v) is 2.90. The van der Waals surface area contributed by atoms with Crippen molar-refractivity contribution in [1.29, 1.82) is 0 Å². The molecule has 1 atom stereocenters. The summed E-state index contributed by atoms with van der Waals surface area (Å²) in [7, 11) is 2.00. The van der Waals surface area contributed by atoms with Crippen molar-refractivity contribution in [2.45, 2.75) is 25.8 Å². The second kappa shape index (κ2) is 6.83. The molecule has 1 aromatic carbocycles. The maximum Gasteiger partial charge on any atom is 0.223 e. The van der Waals surface area contributed by atoms with E-state index in [2.05, 4.69) is 44.6 Å². The van der Waals surface area contributed by atoms with Crippen LogP contribution in [0.3, 0.4) is 0 Å². The third-order valence-corrected chi connectivity index (χ3v) is 4.26. The molecule has 0 bridgehead atoms. The maximum absolute atomic E-state index is 5.90. The molecule has 0 amide bonds. The molecular formula is C17H24N6. The Kier molecular flexibility index (Phi) is 4.62. The minimum Gasteiger partial charge on any atom is -0.368 e. The highest BCUT2D eigenvalue weighted by molar-refractivity contribution is 5.62. The highest BCUT2D eigenvalue weighted by atomic mass is 15.3. The number of hydrogen-bond donors (Lipinski definition) is 3. The molecule has 122 valence electrons. The first-order chi connectivity index (χ1) is 11.2. The largest absolute Gasteiger partial charge is 0.368 e. The predicted octanol–water partition coefficient (Wildman–Crippen LogP) is 2.16. The van der Waals surface area contributed by atoms with Crippen molar-refractivity contribution in [1.82, 2.24) is 15.3 Å². The van der Waals surface area contributed by atoms with Gasteiger partial charge in [-0.05, 0) is 37.6 Å². The van der Waals surface area contributed by atoms with E-state index in [0.29, 0.717) is 12.0 Å². The lowest BCUT2D eigenvalue weighted by molar-refractivity contribution is 0.616. The summed E-state index contributed by atoms with van der Waals surface area (Å²) in [5, 5.41) is 6.65. The monoisotopic (exact) mass is 312 g/mol. The number of nitrogens with one attached hydrogen (secondary N) is 2. The second-order valence-electron chi connectivity index (χ2n) is 5.87. The van der Waals surface area contributed by atoms with Crippen molar-refractivity contribution < 1.29 is 0 Å². The molecule has 1 fully saturated rings. The van der Waals surface area contributed by atoms with Gasteiger partial charge in [0.2, 0.25) is 5.95 Å². The molecule has 2 heterocycles. The fourth-order valence-electron chi connectivity index (χ4n) is 2.90. The van der Waals surface area contributed by atoms with Gasteiger partial charge in [0, 0.05) is 30.9 Å². The predicted molar refractivity (Wildman–Crippen MR) is 95.2 cm³/mol. The minimum atomic E-state index is 0.296. The molecule has 0 radical (unpaired) electrons. The summed E-state index contributed by atoms with van der Waals surface area (Å²) in [5.74, 6) is 1.91. The van der Waals surface area contributed by atoms with Gasteiger partial charge in [0.1, 0.15) is 11.6 Å². The molecule has 1 aliphatic heterocycles. The molecule has 1 aliphatic rings. The molecular weight excluding hydrogens is 288 g/mol. The summed E-state index contributed by atoms with van der Waals surface area (Å²) < 4.78 is 0. The van der Waals surface area contributed by atoms with E-state index >= 15 is 0 Å². The van der Waals surface area contributed by atoms with Gasteiger partial charge >= 0.3 is 0 Å². The van der Waals surface area contributed by atoms with Crippen molar-refractivity contribution in [3.05, 3.63) is 35.9 Å². The van der Waals surface area contributed by atoms with Crippen LogP contribution >= 0.6 is 0 Å². The van der Waals surface area contributed by atoms with Crippen LogP contribution in [0.4, 0.5) is 23.3 Å². The van der Waals surface area contributed by atoms with E-state index in [9.17, 15) is 0 Å². The lowest BCUT2D eigenvalue weighted by Gasteiger charge is -2.18. The van der Waals surface area contributed by atoms with Crippen LogP contribution in [0.15, 0.2) is 30.3 Å². The standard InChI is InChI=1S/C17H24N6/c1-3-12-5-4-6-13(9-12)20-15-10-16(22-17(18)21-15)23-8-7-14(11-23)19-2/h4-6,9-10,14,19H,3,7-8,11H2,1-2H3,(H3,18,20,21,22)/t14-/m1/s1. The summed E-state index contributed by atoms with van der Waals surface area (Å²) in [4.78, 5) is 10.9. The maximum atomic E-state index is 5.90. The summed E-state index contributed by atoms with van der Waals surface area (Å²) in [6.07, 6.45) is 2.12. The van der Waals surface area contributed by atoms with Crippen molar-refractivity contribution in [2.75, 3.05) is 36.1 Å². The van der Waals surface area contributed by atoms with E-state index in [4.69, 9.17) is 5.73 Å². The zero-order valence-corrected chi connectivity index (χ0v) is 13.7. The number of nitrogens with two attached hydrogens (primary N) is 1. The molecule has 1 saturated heterocycles. The van der Waals surface area contributed by atoms with Crippen molar-refractivity contribution in [3.8, 4) is 0 Å². The number of nitrogens with zero attached hydrogens (tertiary/aromatic N) is 3. The van der Waals surface area contributed by atoms with Gasteiger partial charge in [-0.3, -0.25) is 0 Å². The second-order valence-corrected chi connectivity index (χ2v) is 5.87. The molecule has 3 rings (SSSR count). The lowest BCUT2D eigenvalue weighted by Crippen LogP contribution is -2.30. The molecule has 0 aliphatic carbocycles. The molecule has 1 aromatic heterocycles. The number of likely N-dealkylation sites (N-methyl/N-ethyl adjacent to an activating group) is 1. The van der Waals surface area contributed by atoms with Gasteiger partial charge < -0.3 is 21.3 Å². The van der Waals surface area contributed by atoms with E-state index in [1.165, 1.54) is 5.56 Å². The number of anilines is 4. The number of hydrogen-bond acceptors (Lipinski definition) is 6. The van der Waals surface area contributed by atoms with Crippen LogP contribution in [-0.2, 0) is 6.42 Å². The summed E-state index contributed by atoms with van der Waals surface area (Å²) in [6.45, 7) is 4.07. The van der Waals surface area contributed by atoms with Gasteiger partial charge in [0.15, 0.2) is 0 Å². The van der Waals surface area contributed by atoms with Gasteiger partial charge in [0.25, 0.3) is 0 Å². The van der Waals surface area contributed by atoms with Gasteiger partial charge in [-0.15, -0.1) is 0 Å². The molecule has 0 saturated carbocycles. The third-order valence-electron chi connectivity index (χ3n) is 4.26. The highest BCUT2D eigenvalue weighted by Crippen LogP contribution is 2.24. The Hall–Kier alpha value is -2.34. The van der Waals surface area contributed by atoms with Crippen molar-refractivity contribution >= 4 is 23.3 Å². The number of aryl methyl sites for hydroxylation is 1. The van der Waals surface area contributed by atoms with Crippen LogP contribution in [0.2, 0.25) is 0 Å². The average molecular weight is 312 g/mol. The van der Waals surface area contributed by atoms with Gasteiger partial charge in [-0.2, -0.15) is 9.97 Å². The fraction of sp³-hybridized carbons (Fsp3) is 0.412. The topological polar surface area (TPSA) is 79.1 Å². The SMILES string of the molecule is CCc1cccc(Nc2cc(N3CC[C@@H](NC)C3)nc(N)n2)c1. The minimum absolute atomic E-state index is 0.296. The van der Waals surface area contributed by atoms with Crippen molar-refractivity contribution in [2.24, 2.45) is 0 Å². The van der Waals surface area contributed by atoms with E-state index in [0.717, 1.165) is 43.3 Å². The quantitative estimate of drug-likeness (QED) is 0.785. The van der Waals surface area contributed by atoms with E-state index in [-0.39, 0.29) is 0 Å². The highest BCUT2D eigenvalue weighted by Gasteiger charge is 2.22. The molecule has 0 unspecified atom stereocenters. The molecule has 23 heavy (non-hydrogen) atoms. The number of rotatable bonds is 5. The zero-order chi connectivity index (χ0) is 16.2. The molecule has 2 aromatic rings. The summed E-state index contributed by atoms with van der Waals surface area (Å²) in [5.41, 5.74) is 8.20. The smallest absolute Gasteiger partial charge is 0.223 e. The van der Waals surface area contributed by atoms with E-state index < -0.39 is 0 Å². The Labute approximate surface area is 137 Å². The Morgan fingerprint density at radius 1 is 1.30 bits per heavy atom. The Morgan fingerprint density at radius 3 is 2.91 bits per heavy atom. The van der Waals surface area contributed by atoms with Crippen LogP contribution < -0.4 is 21.3 Å². The Bertz CT molecular complexity index is 672. The first-order valence-corrected chi connectivity index (χ1v) is 8.10. The lowest BCUT2D eigenvalue weighted by atomic mass is 10.1. The normalized spacial score (nSPS) is 17.5. The van der Waals surface area contributed by atoms with Gasteiger partial charge in [-0.25, -0.2) is 0 Å². The molecule has 4 N–H and O–H groups in total. The number of nitrogen functional groups attached to an aromatic ring is 1. The van der Waals surface area contributed by atoms with Crippen LogP contribution in [0.5, 0.6) is 0 Å². The van der Waals surface area contributed by atoms with E-state index in [1.807, 2.05) is 25.2 Å². The summed E-state index contributed by atoms with van der Waals surface area (Å²) in [6, 6.07) is 10.8. The van der Waals surface area contributed by atoms with Gasteiger partial charge in [-0.1, -0.05) is 19.1 Å². The first-order valence-electron chi connectivity index (χ1n) is 8.10. The number of aromatic nitrogens is 2. The average Bonchev–Trinajstić information content (AvgIpc) is 3.03. The van der Waals surface area contributed by atoms with E-state index in [1.54, 1.807) is 0 Å². The van der Waals surface area contributed by atoms with Crippen LogP contribution in [0.25, 0.3) is 0 Å². The van der Waals surface area contributed by atoms with Gasteiger partial charge in [0.05, 0.1) is 0 Å². The summed E-state index contributed by atoms with van der Waals surface area (Å²) >= 11 is 0. The Morgan fingerprint density at radius 2 is 2.17 bits per heavy atom. The molecule has 6 nitrogen and oxygen atoms in total. The van der Waals surface area contributed by atoms with Crippen molar-refractivity contribution in [3.63, 3.8) is 0 Å². The van der Waals surface area contributed by atoms with Crippen LogP contribution in [0, 0.1) is 0 Å². The first kappa shape index (κ1) is 15.6. The van der Waals surface area contributed by atoms with Crippen LogP contribution in [-0.4, -0.2) is 36.1 Å². The Balaban J connectivity index is 1.80. The third kappa shape index (κ3) is 3.71. The van der Waals surface area contributed by atoms with Crippen LogP contribution in [0.1, 0.15) is 18.9 Å². The molecule has 6 heteroatoms.